The van der Waals surface area contributed by atoms with E-state index in [2.05, 4.69) is 0 Å². The van der Waals surface area contributed by atoms with Crippen LogP contribution in [-0.4, -0.2) is 23.9 Å². The number of halogens is 2. The largest absolute Gasteiger partial charge is 0.507 e. The van der Waals surface area contributed by atoms with E-state index in [4.69, 9.17) is 4.74 Å². The molecule has 1 fully saturated rings. The highest BCUT2D eigenvalue weighted by atomic mass is 19.1. The minimum atomic E-state index is -1.03. The van der Waals surface area contributed by atoms with Gasteiger partial charge in [-0.05, 0) is 54.1 Å². The Balaban J connectivity index is 1.93. The molecule has 3 aromatic rings. The number of methoxy groups -OCH3 is 1. The van der Waals surface area contributed by atoms with Crippen molar-refractivity contribution in [3.63, 3.8) is 0 Å². The van der Waals surface area contributed by atoms with E-state index in [1.807, 2.05) is 0 Å². The normalized spacial score (nSPS) is 17.8. The highest BCUT2D eigenvalue weighted by Gasteiger charge is 2.47. The number of ether oxygens (including phenoxy) is 1. The molecule has 1 aliphatic rings. The average Bonchev–Trinajstić information content (AvgIpc) is 3.05. The number of hydrogen-bond acceptors (Lipinski definition) is 4. The SMILES string of the molecule is COc1cccc(/C(O)=C2/C(=O)C(=O)N(c3ccc(F)cc3)C2c2ccc(F)cc2)c1. The maximum Gasteiger partial charge on any atom is 0.300 e. The van der Waals surface area contributed by atoms with Crippen molar-refractivity contribution < 1.29 is 28.2 Å². The summed E-state index contributed by atoms with van der Waals surface area (Å²) in [6.45, 7) is 0. The molecule has 0 bridgehead atoms. The number of hydrogen-bond donors (Lipinski definition) is 1. The molecule has 5 nitrogen and oxygen atoms in total. The summed E-state index contributed by atoms with van der Waals surface area (Å²) in [4.78, 5) is 27.1. The minimum absolute atomic E-state index is 0.158. The van der Waals surface area contributed by atoms with E-state index in [1.54, 1.807) is 18.2 Å². The zero-order valence-corrected chi connectivity index (χ0v) is 16.4. The van der Waals surface area contributed by atoms with E-state index in [1.165, 1.54) is 66.6 Å². The molecular weight excluding hydrogens is 404 g/mol. The van der Waals surface area contributed by atoms with Crippen molar-refractivity contribution in [3.05, 3.63) is 101 Å². The number of carbonyl (C=O) groups is 2. The van der Waals surface area contributed by atoms with Crippen LogP contribution in [0.1, 0.15) is 17.2 Å². The average molecular weight is 421 g/mol. The number of anilines is 1. The lowest BCUT2D eigenvalue weighted by Crippen LogP contribution is -2.29. The second kappa shape index (κ2) is 8.02. The lowest BCUT2D eigenvalue weighted by Gasteiger charge is -2.25. The second-order valence-electron chi connectivity index (χ2n) is 6.93. The van der Waals surface area contributed by atoms with Gasteiger partial charge >= 0.3 is 0 Å². The Hall–Kier alpha value is -4.00. The Morgan fingerprint density at radius 3 is 2.16 bits per heavy atom. The van der Waals surface area contributed by atoms with Crippen LogP contribution in [0.5, 0.6) is 5.75 Å². The van der Waals surface area contributed by atoms with E-state index in [0.29, 0.717) is 11.3 Å². The number of benzene rings is 3. The number of nitrogens with zero attached hydrogens (tertiary/aromatic N) is 1. The van der Waals surface area contributed by atoms with Crippen molar-refractivity contribution in [3.8, 4) is 5.75 Å². The van der Waals surface area contributed by atoms with Crippen LogP contribution in [0.4, 0.5) is 14.5 Å². The summed E-state index contributed by atoms with van der Waals surface area (Å²) < 4.78 is 32.1. The first-order valence-corrected chi connectivity index (χ1v) is 9.37. The molecule has 0 aliphatic carbocycles. The summed E-state index contributed by atoms with van der Waals surface area (Å²) in [7, 11) is 1.46. The fraction of sp³-hybridized carbons (Fsp3) is 0.0833. The van der Waals surface area contributed by atoms with Crippen LogP contribution in [0.25, 0.3) is 5.76 Å². The third-order valence-electron chi connectivity index (χ3n) is 5.08. The van der Waals surface area contributed by atoms with Gasteiger partial charge in [-0.3, -0.25) is 14.5 Å². The number of amides is 1. The number of ketones is 1. The Kier molecular flexibility index (Phi) is 5.25. The van der Waals surface area contributed by atoms with Gasteiger partial charge in [-0.25, -0.2) is 8.78 Å². The van der Waals surface area contributed by atoms with Crippen LogP contribution in [-0.2, 0) is 9.59 Å². The van der Waals surface area contributed by atoms with Gasteiger partial charge in [0.1, 0.15) is 23.1 Å². The molecule has 1 aliphatic heterocycles. The van der Waals surface area contributed by atoms with Gasteiger partial charge in [0.05, 0.1) is 18.7 Å². The third kappa shape index (κ3) is 3.66. The van der Waals surface area contributed by atoms with E-state index < -0.39 is 35.1 Å². The van der Waals surface area contributed by atoms with Gasteiger partial charge < -0.3 is 9.84 Å². The van der Waals surface area contributed by atoms with Crippen molar-refractivity contribution in [1.82, 2.24) is 0 Å². The summed E-state index contributed by atoms with van der Waals surface area (Å²) in [6, 6.07) is 15.7. The first-order valence-electron chi connectivity index (χ1n) is 9.37. The highest BCUT2D eigenvalue weighted by Crippen LogP contribution is 2.42. The van der Waals surface area contributed by atoms with E-state index in [9.17, 15) is 23.5 Å². The molecular formula is C24H17F2NO4. The molecule has 156 valence electrons. The molecule has 0 aromatic heterocycles. The van der Waals surface area contributed by atoms with E-state index in [0.717, 1.165) is 0 Å². The smallest absolute Gasteiger partial charge is 0.300 e. The van der Waals surface area contributed by atoms with Gasteiger partial charge in [-0.1, -0.05) is 24.3 Å². The Morgan fingerprint density at radius 1 is 0.935 bits per heavy atom. The molecule has 1 saturated heterocycles. The summed E-state index contributed by atoms with van der Waals surface area (Å²) in [5.41, 5.74) is 0.801. The fourth-order valence-electron chi connectivity index (χ4n) is 3.59. The summed E-state index contributed by atoms with van der Waals surface area (Å²) in [5, 5.41) is 11.0. The second-order valence-corrected chi connectivity index (χ2v) is 6.93. The molecule has 7 heteroatoms. The zero-order valence-electron chi connectivity index (χ0n) is 16.4. The van der Waals surface area contributed by atoms with Crippen LogP contribution in [0, 0.1) is 11.6 Å². The lowest BCUT2D eigenvalue weighted by atomic mass is 9.95. The van der Waals surface area contributed by atoms with Crippen LogP contribution >= 0.6 is 0 Å². The van der Waals surface area contributed by atoms with Gasteiger partial charge in [0, 0.05) is 11.3 Å². The lowest BCUT2D eigenvalue weighted by molar-refractivity contribution is -0.132. The summed E-state index contributed by atoms with van der Waals surface area (Å²) in [6.07, 6.45) is 0. The molecule has 0 spiro atoms. The molecule has 1 N–H and O–H groups in total. The van der Waals surface area contributed by atoms with Gasteiger partial charge in [0.15, 0.2) is 0 Å². The topological polar surface area (TPSA) is 66.8 Å². The predicted molar refractivity (Wildman–Crippen MR) is 111 cm³/mol. The summed E-state index contributed by atoms with van der Waals surface area (Å²) >= 11 is 0. The Labute approximate surface area is 176 Å². The molecule has 1 amide bonds. The molecule has 3 aromatic carbocycles. The molecule has 1 unspecified atom stereocenters. The molecule has 1 heterocycles. The van der Waals surface area contributed by atoms with Crippen molar-refractivity contribution >= 4 is 23.1 Å². The van der Waals surface area contributed by atoms with Crippen molar-refractivity contribution in [1.29, 1.82) is 0 Å². The Morgan fingerprint density at radius 2 is 1.55 bits per heavy atom. The first kappa shape index (κ1) is 20.3. The quantitative estimate of drug-likeness (QED) is 0.380. The number of rotatable bonds is 4. The fourth-order valence-corrected chi connectivity index (χ4v) is 3.59. The maximum atomic E-state index is 13.5. The molecule has 1 atom stereocenters. The van der Waals surface area contributed by atoms with E-state index in [-0.39, 0.29) is 16.8 Å². The predicted octanol–water partition coefficient (Wildman–Crippen LogP) is 4.60. The maximum absolute atomic E-state index is 13.5. The number of Topliss-reactive ketones (excluding diaryl/α,β-unsaturated/α-hetero) is 1. The highest BCUT2D eigenvalue weighted by molar-refractivity contribution is 6.51. The van der Waals surface area contributed by atoms with Crippen LogP contribution in [0.2, 0.25) is 0 Å². The molecule has 0 radical (unpaired) electrons. The Bertz CT molecular complexity index is 1190. The van der Waals surface area contributed by atoms with E-state index >= 15 is 0 Å². The number of aliphatic hydroxyl groups excluding tert-OH is 1. The number of aliphatic hydroxyl groups is 1. The molecule has 31 heavy (non-hydrogen) atoms. The van der Waals surface area contributed by atoms with Gasteiger partial charge in [-0.15, -0.1) is 0 Å². The zero-order chi connectivity index (χ0) is 22.1. The van der Waals surface area contributed by atoms with Crippen LogP contribution in [0.3, 0.4) is 0 Å². The van der Waals surface area contributed by atoms with Gasteiger partial charge in [0.25, 0.3) is 11.7 Å². The van der Waals surface area contributed by atoms with Crippen molar-refractivity contribution in [2.75, 3.05) is 12.0 Å². The van der Waals surface area contributed by atoms with Crippen molar-refractivity contribution in [2.24, 2.45) is 0 Å². The number of carbonyl (C=O) groups excluding carboxylic acids is 2. The van der Waals surface area contributed by atoms with Gasteiger partial charge in [-0.2, -0.15) is 0 Å². The summed E-state index contributed by atoms with van der Waals surface area (Å²) in [5.74, 6) is -2.72. The van der Waals surface area contributed by atoms with Crippen LogP contribution < -0.4 is 9.64 Å². The monoisotopic (exact) mass is 421 g/mol. The molecule has 4 rings (SSSR count). The third-order valence-corrected chi connectivity index (χ3v) is 5.08. The molecule has 0 saturated carbocycles. The van der Waals surface area contributed by atoms with Crippen LogP contribution in [0.15, 0.2) is 78.4 Å². The standard InChI is InChI=1S/C24H17F2NO4/c1-31-19-4-2-3-15(13-19)22(28)20-21(14-5-7-16(25)8-6-14)27(24(30)23(20)29)18-11-9-17(26)10-12-18/h2-13,21,28H,1H3/b22-20-. The van der Waals surface area contributed by atoms with Gasteiger partial charge in [0.2, 0.25) is 0 Å². The first-order chi connectivity index (χ1) is 14.9. The van der Waals surface area contributed by atoms with Crippen molar-refractivity contribution in [2.45, 2.75) is 6.04 Å². The minimum Gasteiger partial charge on any atom is -0.507 e.